The Bertz CT molecular complexity index is 971. The summed E-state index contributed by atoms with van der Waals surface area (Å²) in [4.78, 5) is 12.4. The Balaban J connectivity index is 2.08. The van der Waals surface area contributed by atoms with E-state index in [0.29, 0.717) is 18.7 Å². The first-order chi connectivity index (χ1) is 14.1. The van der Waals surface area contributed by atoms with Gasteiger partial charge in [-0.15, -0.1) is 0 Å². The van der Waals surface area contributed by atoms with Crippen LogP contribution in [0.2, 0.25) is 0 Å². The summed E-state index contributed by atoms with van der Waals surface area (Å²) >= 11 is 0. The van der Waals surface area contributed by atoms with Gasteiger partial charge in [0.25, 0.3) is 0 Å². The lowest BCUT2D eigenvalue weighted by Crippen LogP contribution is -2.33. The van der Waals surface area contributed by atoms with Gasteiger partial charge in [0.1, 0.15) is 0 Å². The number of aryl methyl sites for hydroxylation is 1. The van der Waals surface area contributed by atoms with Gasteiger partial charge in [-0.3, -0.25) is 9.10 Å². The molecular formula is C23H32N2O4S. The maximum absolute atomic E-state index is 12.5. The summed E-state index contributed by atoms with van der Waals surface area (Å²) in [5.41, 5.74) is 4.29. The Kier molecular flexibility index (Phi) is 8.43. The van der Waals surface area contributed by atoms with Gasteiger partial charge in [0, 0.05) is 25.8 Å². The molecule has 0 saturated heterocycles. The maximum atomic E-state index is 12.5. The van der Waals surface area contributed by atoms with E-state index in [9.17, 15) is 13.2 Å². The van der Waals surface area contributed by atoms with Gasteiger partial charge in [0.2, 0.25) is 15.9 Å². The van der Waals surface area contributed by atoms with Crippen LogP contribution in [0.3, 0.4) is 0 Å². The Morgan fingerprint density at radius 2 is 1.87 bits per heavy atom. The lowest BCUT2D eigenvalue weighted by molar-refractivity contribution is -0.116. The molecule has 0 heterocycles. The van der Waals surface area contributed by atoms with Crippen molar-refractivity contribution >= 4 is 27.3 Å². The van der Waals surface area contributed by atoms with Crippen molar-refractivity contribution in [2.24, 2.45) is 0 Å². The standard InChI is InChI=1S/C23H32N2O4S/c1-17(2)21-12-6-9-18(3)23(21)25(30(5,27)28)14-8-13-22(26)24-20-11-7-10-19(15-20)16-29-4/h6-7,9-12,15,17H,8,13-14,16H2,1-5H3,(H,24,26). The molecule has 2 aromatic rings. The van der Waals surface area contributed by atoms with Gasteiger partial charge in [0.15, 0.2) is 0 Å². The van der Waals surface area contributed by atoms with E-state index in [0.717, 1.165) is 22.4 Å². The van der Waals surface area contributed by atoms with Crippen molar-refractivity contribution in [3.63, 3.8) is 0 Å². The number of rotatable bonds is 10. The monoisotopic (exact) mass is 432 g/mol. The highest BCUT2D eigenvalue weighted by molar-refractivity contribution is 7.92. The van der Waals surface area contributed by atoms with Crippen LogP contribution in [0.15, 0.2) is 42.5 Å². The third kappa shape index (κ3) is 6.57. The molecule has 0 fully saturated rings. The van der Waals surface area contributed by atoms with Crippen LogP contribution in [-0.4, -0.2) is 34.2 Å². The molecule has 2 rings (SSSR count). The second-order valence-electron chi connectivity index (χ2n) is 7.79. The molecule has 0 atom stereocenters. The second-order valence-corrected chi connectivity index (χ2v) is 9.69. The van der Waals surface area contributed by atoms with E-state index in [1.54, 1.807) is 7.11 Å². The average Bonchev–Trinajstić information content (AvgIpc) is 2.65. The number of benzene rings is 2. The molecule has 6 nitrogen and oxygen atoms in total. The number of nitrogens with zero attached hydrogens (tertiary/aromatic N) is 1. The summed E-state index contributed by atoms with van der Waals surface area (Å²) in [6.07, 6.45) is 1.86. The average molecular weight is 433 g/mol. The number of hydrogen-bond donors (Lipinski definition) is 1. The summed E-state index contributed by atoms with van der Waals surface area (Å²) in [5.74, 6) is 0.0405. The molecule has 1 amide bonds. The van der Waals surface area contributed by atoms with Gasteiger partial charge in [0.05, 0.1) is 18.6 Å². The number of anilines is 2. The number of nitrogens with one attached hydrogen (secondary N) is 1. The van der Waals surface area contributed by atoms with Crippen LogP contribution in [0.25, 0.3) is 0 Å². The predicted octanol–water partition coefficient (Wildman–Crippen LogP) is 4.45. The molecule has 0 spiro atoms. The van der Waals surface area contributed by atoms with Crippen molar-refractivity contribution in [2.45, 2.75) is 46.1 Å². The van der Waals surface area contributed by atoms with Crippen LogP contribution in [-0.2, 0) is 26.2 Å². The molecule has 0 aliphatic carbocycles. The predicted molar refractivity (Wildman–Crippen MR) is 122 cm³/mol. The molecule has 30 heavy (non-hydrogen) atoms. The van der Waals surface area contributed by atoms with Crippen molar-refractivity contribution < 1.29 is 17.9 Å². The first-order valence-electron chi connectivity index (χ1n) is 10.1. The van der Waals surface area contributed by atoms with Crippen LogP contribution >= 0.6 is 0 Å². The lowest BCUT2D eigenvalue weighted by atomic mass is 9.98. The number of sulfonamides is 1. The van der Waals surface area contributed by atoms with E-state index >= 15 is 0 Å². The zero-order chi connectivity index (χ0) is 22.3. The number of para-hydroxylation sites is 1. The molecule has 0 unspecified atom stereocenters. The van der Waals surface area contributed by atoms with E-state index in [1.807, 2.05) is 63.2 Å². The Morgan fingerprint density at radius 3 is 2.50 bits per heavy atom. The van der Waals surface area contributed by atoms with Gasteiger partial charge in [-0.2, -0.15) is 0 Å². The summed E-state index contributed by atoms with van der Waals surface area (Å²) in [6, 6.07) is 13.3. The van der Waals surface area contributed by atoms with Crippen LogP contribution in [0.1, 0.15) is 49.3 Å². The summed E-state index contributed by atoms with van der Waals surface area (Å²) < 4.78 is 31.6. The fourth-order valence-corrected chi connectivity index (χ4v) is 4.49. The third-order valence-corrected chi connectivity index (χ3v) is 5.99. The van der Waals surface area contributed by atoms with Gasteiger partial charge >= 0.3 is 0 Å². The largest absolute Gasteiger partial charge is 0.380 e. The zero-order valence-corrected chi connectivity index (χ0v) is 19.3. The Morgan fingerprint density at radius 1 is 1.17 bits per heavy atom. The normalized spacial score (nSPS) is 11.5. The molecule has 2 aromatic carbocycles. The highest BCUT2D eigenvalue weighted by atomic mass is 32.2. The number of methoxy groups -OCH3 is 1. The molecule has 0 aromatic heterocycles. The molecule has 7 heteroatoms. The minimum atomic E-state index is -3.48. The van der Waals surface area contributed by atoms with Crippen molar-refractivity contribution in [2.75, 3.05) is 29.5 Å². The second kappa shape index (κ2) is 10.6. The lowest BCUT2D eigenvalue weighted by Gasteiger charge is -2.28. The van der Waals surface area contributed by atoms with Crippen molar-refractivity contribution in [1.29, 1.82) is 0 Å². The molecule has 0 radical (unpaired) electrons. The topological polar surface area (TPSA) is 75.7 Å². The maximum Gasteiger partial charge on any atom is 0.232 e. The highest BCUT2D eigenvalue weighted by Gasteiger charge is 2.23. The van der Waals surface area contributed by atoms with Crippen LogP contribution in [0.5, 0.6) is 0 Å². The summed E-state index contributed by atoms with van der Waals surface area (Å²) in [7, 11) is -1.85. The van der Waals surface area contributed by atoms with Crippen LogP contribution in [0.4, 0.5) is 11.4 Å². The van der Waals surface area contributed by atoms with Gasteiger partial charge in [-0.05, 0) is 48.1 Å². The first kappa shape index (κ1) is 23.9. The quantitative estimate of drug-likeness (QED) is 0.602. The highest BCUT2D eigenvalue weighted by Crippen LogP contribution is 2.32. The minimum Gasteiger partial charge on any atom is -0.380 e. The van der Waals surface area contributed by atoms with Crippen molar-refractivity contribution in [3.05, 3.63) is 59.2 Å². The van der Waals surface area contributed by atoms with E-state index in [4.69, 9.17) is 4.74 Å². The van der Waals surface area contributed by atoms with Gasteiger partial charge in [-0.25, -0.2) is 8.42 Å². The van der Waals surface area contributed by atoms with Gasteiger partial charge < -0.3 is 10.1 Å². The Labute approximate surface area is 180 Å². The zero-order valence-electron chi connectivity index (χ0n) is 18.4. The first-order valence-corrected chi connectivity index (χ1v) is 11.9. The fourth-order valence-electron chi connectivity index (χ4n) is 3.44. The number of carbonyl (C=O) groups is 1. The number of amides is 1. The minimum absolute atomic E-state index is 0.146. The van der Waals surface area contributed by atoms with E-state index in [1.165, 1.54) is 10.6 Å². The van der Waals surface area contributed by atoms with E-state index in [2.05, 4.69) is 5.32 Å². The van der Waals surface area contributed by atoms with E-state index < -0.39 is 10.0 Å². The van der Waals surface area contributed by atoms with Crippen molar-refractivity contribution in [1.82, 2.24) is 0 Å². The Hall–Kier alpha value is -2.38. The number of hydrogen-bond acceptors (Lipinski definition) is 4. The van der Waals surface area contributed by atoms with Crippen LogP contribution < -0.4 is 9.62 Å². The smallest absolute Gasteiger partial charge is 0.232 e. The van der Waals surface area contributed by atoms with Crippen LogP contribution in [0, 0.1) is 6.92 Å². The van der Waals surface area contributed by atoms with Gasteiger partial charge in [-0.1, -0.05) is 44.2 Å². The van der Waals surface area contributed by atoms with Crippen molar-refractivity contribution in [3.8, 4) is 0 Å². The fraction of sp³-hybridized carbons (Fsp3) is 0.435. The molecular weight excluding hydrogens is 400 g/mol. The summed E-state index contributed by atoms with van der Waals surface area (Å²) in [6.45, 7) is 6.73. The SMILES string of the molecule is COCc1cccc(NC(=O)CCCN(c2c(C)cccc2C(C)C)S(C)(=O)=O)c1. The summed E-state index contributed by atoms with van der Waals surface area (Å²) in [5, 5.41) is 2.87. The molecule has 1 N–H and O–H groups in total. The molecule has 0 saturated carbocycles. The third-order valence-electron chi connectivity index (χ3n) is 4.83. The molecule has 0 aliphatic heterocycles. The molecule has 0 bridgehead atoms. The number of carbonyl (C=O) groups excluding carboxylic acids is 1. The molecule has 0 aliphatic rings. The number of ether oxygens (including phenoxy) is 1. The molecule has 164 valence electrons. The van der Waals surface area contributed by atoms with E-state index in [-0.39, 0.29) is 24.8 Å².